The molecule has 0 aliphatic heterocycles. The Bertz CT molecular complexity index is 226. The van der Waals surface area contributed by atoms with Gasteiger partial charge in [0.25, 0.3) is 0 Å². The van der Waals surface area contributed by atoms with Crippen molar-refractivity contribution in [1.82, 2.24) is 0 Å². The zero-order valence-corrected chi connectivity index (χ0v) is 12.1. The molecular formula is C14H28O4. The highest BCUT2D eigenvalue weighted by Crippen LogP contribution is 2.11. The zero-order valence-electron chi connectivity index (χ0n) is 12.1. The van der Waals surface area contributed by atoms with Gasteiger partial charge in [-0.3, -0.25) is 9.59 Å². The Labute approximate surface area is 110 Å². The molecule has 108 valence electrons. The molecule has 0 saturated carbocycles. The van der Waals surface area contributed by atoms with Crippen molar-refractivity contribution in [3.63, 3.8) is 0 Å². The average Bonchev–Trinajstić information content (AvgIpc) is 2.30. The Balaban J connectivity index is 0. The second kappa shape index (κ2) is 12.4. The largest absolute Gasteiger partial charge is 0.481 e. The van der Waals surface area contributed by atoms with E-state index >= 15 is 0 Å². The average molecular weight is 260 g/mol. The minimum Gasteiger partial charge on any atom is -0.481 e. The van der Waals surface area contributed by atoms with Crippen LogP contribution in [0.3, 0.4) is 0 Å². The van der Waals surface area contributed by atoms with Crippen LogP contribution in [0.15, 0.2) is 0 Å². The number of rotatable bonds is 8. The number of aliphatic carboxylic acids is 2. The molecule has 2 atom stereocenters. The monoisotopic (exact) mass is 260 g/mol. The van der Waals surface area contributed by atoms with Crippen LogP contribution in [0.2, 0.25) is 0 Å². The predicted octanol–water partition coefficient (Wildman–Crippen LogP) is 3.79. The van der Waals surface area contributed by atoms with Crippen molar-refractivity contribution in [2.24, 2.45) is 11.8 Å². The lowest BCUT2D eigenvalue weighted by Gasteiger charge is -2.06. The van der Waals surface area contributed by atoms with Crippen LogP contribution < -0.4 is 0 Å². The molecule has 0 spiro atoms. The van der Waals surface area contributed by atoms with Crippen LogP contribution in [-0.2, 0) is 9.59 Å². The van der Waals surface area contributed by atoms with Crippen LogP contribution in [0.1, 0.15) is 66.2 Å². The highest BCUT2D eigenvalue weighted by atomic mass is 16.4. The number of hydrogen-bond donors (Lipinski definition) is 2. The van der Waals surface area contributed by atoms with Gasteiger partial charge in [0.15, 0.2) is 0 Å². The lowest BCUT2D eigenvalue weighted by Crippen LogP contribution is -2.11. The summed E-state index contributed by atoms with van der Waals surface area (Å²) in [6.07, 6.45) is 5.45. The minimum absolute atomic E-state index is 0.111. The summed E-state index contributed by atoms with van der Waals surface area (Å²) in [6.45, 7) is 7.72. The van der Waals surface area contributed by atoms with Gasteiger partial charge in [-0.15, -0.1) is 0 Å². The maximum Gasteiger partial charge on any atom is 0.306 e. The fraction of sp³-hybridized carbons (Fsp3) is 0.857. The van der Waals surface area contributed by atoms with Gasteiger partial charge in [-0.25, -0.2) is 0 Å². The van der Waals surface area contributed by atoms with E-state index in [0.29, 0.717) is 0 Å². The Morgan fingerprint density at radius 2 is 1.50 bits per heavy atom. The molecule has 0 heterocycles. The molecule has 18 heavy (non-hydrogen) atoms. The SMILES string of the molecule is CCCC(C)C(=O)O.CCCCC(CC)C(=O)O. The fourth-order valence-electron chi connectivity index (χ4n) is 1.51. The van der Waals surface area contributed by atoms with Crippen LogP contribution in [0.5, 0.6) is 0 Å². The second-order valence-corrected chi connectivity index (χ2v) is 4.61. The van der Waals surface area contributed by atoms with E-state index in [9.17, 15) is 9.59 Å². The van der Waals surface area contributed by atoms with E-state index in [1.165, 1.54) is 0 Å². The first-order chi connectivity index (χ1) is 8.40. The molecule has 0 radical (unpaired) electrons. The quantitative estimate of drug-likeness (QED) is 0.696. The molecule has 0 bridgehead atoms. The summed E-state index contributed by atoms with van der Waals surface area (Å²) in [5.74, 6) is -1.61. The lowest BCUT2D eigenvalue weighted by atomic mass is 10.00. The molecule has 0 saturated heterocycles. The molecule has 2 unspecified atom stereocenters. The smallest absolute Gasteiger partial charge is 0.306 e. The van der Waals surface area contributed by atoms with Crippen LogP contribution in [0.4, 0.5) is 0 Å². The highest BCUT2D eigenvalue weighted by molar-refractivity contribution is 5.69. The molecular weight excluding hydrogens is 232 g/mol. The topological polar surface area (TPSA) is 74.6 Å². The zero-order chi connectivity index (χ0) is 14.6. The predicted molar refractivity (Wildman–Crippen MR) is 72.6 cm³/mol. The van der Waals surface area contributed by atoms with E-state index in [1.54, 1.807) is 6.92 Å². The number of carboxylic acid groups (broad SMARTS) is 2. The van der Waals surface area contributed by atoms with Crippen LogP contribution in [-0.4, -0.2) is 22.2 Å². The molecule has 4 heteroatoms. The summed E-state index contributed by atoms with van der Waals surface area (Å²) in [5.41, 5.74) is 0. The maximum absolute atomic E-state index is 10.4. The number of hydrogen-bond acceptors (Lipinski definition) is 2. The highest BCUT2D eigenvalue weighted by Gasteiger charge is 2.12. The van der Waals surface area contributed by atoms with Crippen molar-refractivity contribution in [3.8, 4) is 0 Å². The van der Waals surface area contributed by atoms with Crippen molar-refractivity contribution in [3.05, 3.63) is 0 Å². The molecule has 0 aliphatic carbocycles. The van der Waals surface area contributed by atoms with E-state index in [4.69, 9.17) is 10.2 Å². The van der Waals surface area contributed by atoms with Crippen LogP contribution in [0.25, 0.3) is 0 Å². The standard InChI is InChI=1S/C8H16O2.C6H12O2/c1-3-5-6-7(4-2)8(9)10;1-3-4-5(2)6(7)8/h7H,3-6H2,1-2H3,(H,9,10);5H,3-4H2,1-2H3,(H,7,8). The van der Waals surface area contributed by atoms with Crippen molar-refractivity contribution < 1.29 is 19.8 Å². The third-order valence-corrected chi connectivity index (χ3v) is 2.89. The minimum atomic E-state index is -0.688. The summed E-state index contributed by atoms with van der Waals surface area (Å²) in [6, 6.07) is 0. The first-order valence-corrected chi connectivity index (χ1v) is 6.86. The van der Waals surface area contributed by atoms with E-state index in [2.05, 4.69) is 6.92 Å². The fourth-order valence-corrected chi connectivity index (χ4v) is 1.51. The van der Waals surface area contributed by atoms with Crippen LogP contribution >= 0.6 is 0 Å². The first-order valence-electron chi connectivity index (χ1n) is 6.86. The maximum atomic E-state index is 10.4. The van der Waals surface area contributed by atoms with Gasteiger partial charge in [0.05, 0.1) is 11.8 Å². The van der Waals surface area contributed by atoms with Gasteiger partial charge >= 0.3 is 11.9 Å². The van der Waals surface area contributed by atoms with Gasteiger partial charge in [0.1, 0.15) is 0 Å². The molecule has 0 aromatic rings. The van der Waals surface area contributed by atoms with Gasteiger partial charge < -0.3 is 10.2 Å². The van der Waals surface area contributed by atoms with Crippen molar-refractivity contribution in [1.29, 1.82) is 0 Å². The summed E-state index contributed by atoms with van der Waals surface area (Å²) in [7, 11) is 0. The summed E-state index contributed by atoms with van der Waals surface area (Å²) < 4.78 is 0. The summed E-state index contributed by atoms with van der Waals surface area (Å²) in [5, 5.41) is 16.9. The molecule has 4 nitrogen and oxygen atoms in total. The van der Waals surface area contributed by atoms with Crippen LogP contribution in [0, 0.1) is 11.8 Å². The van der Waals surface area contributed by atoms with Gasteiger partial charge in [0, 0.05) is 0 Å². The Kier molecular flexibility index (Phi) is 13.3. The molecule has 2 N–H and O–H groups in total. The molecule has 0 fully saturated rings. The van der Waals surface area contributed by atoms with Gasteiger partial charge in [-0.1, -0.05) is 47.0 Å². The summed E-state index contributed by atoms with van der Waals surface area (Å²) in [4.78, 5) is 20.5. The summed E-state index contributed by atoms with van der Waals surface area (Å²) >= 11 is 0. The van der Waals surface area contributed by atoms with Gasteiger partial charge in [-0.05, 0) is 19.3 Å². The molecule has 0 aliphatic rings. The molecule has 0 rings (SSSR count). The Morgan fingerprint density at radius 3 is 1.72 bits per heavy atom. The van der Waals surface area contributed by atoms with Gasteiger partial charge in [0.2, 0.25) is 0 Å². The normalized spacial score (nSPS) is 13.1. The molecule has 0 amide bonds. The third kappa shape index (κ3) is 11.4. The van der Waals surface area contributed by atoms with E-state index in [1.807, 2.05) is 13.8 Å². The number of carbonyl (C=O) groups is 2. The molecule has 0 aromatic carbocycles. The second-order valence-electron chi connectivity index (χ2n) is 4.61. The lowest BCUT2D eigenvalue weighted by molar-refractivity contribution is -0.142. The van der Waals surface area contributed by atoms with E-state index in [0.717, 1.165) is 38.5 Å². The third-order valence-electron chi connectivity index (χ3n) is 2.89. The van der Waals surface area contributed by atoms with E-state index in [-0.39, 0.29) is 11.8 Å². The van der Waals surface area contributed by atoms with Crippen molar-refractivity contribution >= 4 is 11.9 Å². The number of carboxylic acids is 2. The van der Waals surface area contributed by atoms with E-state index < -0.39 is 11.9 Å². The Hall–Kier alpha value is -1.06. The van der Waals surface area contributed by atoms with Crippen molar-refractivity contribution in [2.75, 3.05) is 0 Å². The van der Waals surface area contributed by atoms with Gasteiger partial charge in [-0.2, -0.15) is 0 Å². The molecule has 0 aromatic heterocycles. The number of unbranched alkanes of at least 4 members (excludes halogenated alkanes) is 1. The first kappa shape index (κ1) is 19.3. The Morgan fingerprint density at radius 1 is 0.944 bits per heavy atom. The van der Waals surface area contributed by atoms with Crippen molar-refractivity contribution in [2.45, 2.75) is 66.2 Å².